The van der Waals surface area contributed by atoms with Gasteiger partial charge >= 0.3 is 0 Å². The van der Waals surface area contributed by atoms with Crippen LogP contribution in [0.15, 0.2) is 18.2 Å². The van der Waals surface area contributed by atoms with E-state index in [0.29, 0.717) is 23.6 Å². The van der Waals surface area contributed by atoms with E-state index in [1.54, 1.807) is 19.1 Å². The number of carbonyl (C=O) groups is 1. The van der Waals surface area contributed by atoms with Gasteiger partial charge in [0.2, 0.25) is 0 Å². The molecule has 0 aliphatic carbocycles. The lowest BCUT2D eigenvalue weighted by Crippen LogP contribution is -2.35. The number of rotatable bonds is 6. The molecule has 0 aromatic heterocycles. The zero-order valence-electron chi connectivity index (χ0n) is 12.4. The maximum atomic E-state index is 13.2. The fraction of sp³-hybridized carbons (Fsp3) is 0.562. The maximum Gasteiger partial charge on any atom is 0.253 e. The summed E-state index contributed by atoms with van der Waals surface area (Å²) in [6, 6.07) is 4.57. The molecule has 0 saturated heterocycles. The van der Waals surface area contributed by atoms with Crippen LogP contribution in [0.3, 0.4) is 0 Å². The second kappa shape index (κ2) is 7.27. The van der Waals surface area contributed by atoms with Crippen molar-refractivity contribution in [2.45, 2.75) is 40.5 Å². The minimum absolute atomic E-state index is 0.00231. The Balaban J connectivity index is 2.85. The molecule has 0 aliphatic heterocycles. The lowest BCUT2D eigenvalue weighted by Gasteiger charge is -2.25. The number of halogens is 1. The summed E-state index contributed by atoms with van der Waals surface area (Å²) in [6.07, 6.45) is 2.14. The summed E-state index contributed by atoms with van der Waals surface area (Å²) in [6.45, 7) is 9.42. The smallest absolute Gasteiger partial charge is 0.253 e. The Morgan fingerprint density at radius 3 is 2.37 bits per heavy atom. The number of hydrogen-bond donors (Lipinski definition) is 0. The largest absolute Gasteiger partial charge is 0.339 e. The number of aryl methyl sites for hydroxylation is 1. The van der Waals surface area contributed by atoms with Gasteiger partial charge in [-0.1, -0.05) is 26.7 Å². The highest BCUT2D eigenvalue weighted by Gasteiger charge is 2.17. The van der Waals surface area contributed by atoms with Gasteiger partial charge in [-0.3, -0.25) is 4.79 Å². The highest BCUT2D eigenvalue weighted by molar-refractivity contribution is 5.94. The summed E-state index contributed by atoms with van der Waals surface area (Å²) in [5.74, 6) is 0.266. The number of nitrogens with zero attached hydrogens (tertiary/aromatic N) is 1. The summed E-state index contributed by atoms with van der Waals surface area (Å²) in [5, 5.41) is 0. The van der Waals surface area contributed by atoms with Crippen molar-refractivity contribution < 1.29 is 9.18 Å². The van der Waals surface area contributed by atoms with E-state index in [4.69, 9.17) is 0 Å². The van der Waals surface area contributed by atoms with E-state index in [0.717, 1.165) is 19.4 Å². The van der Waals surface area contributed by atoms with Crippen LogP contribution >= 0.6 is 0 Å². The summed E-state index contributed by atoms with van der Waals surface area (Å²) in [4.78, 5) is 14.3. The van der Waals surface area contributed by atoms with Crippen molar-refractivity contribution in [3.63, 3.8) is 0 Å². The van der Waals surface area contributed by atoms with E-state index < -0.39 is 0 Å². The zero-order valence-corrected chi connectivity index (χ0v) is 12.4. The molecule has 1 aromatic carbocycles. The molecule has 19 heavy (non-hydrogen) atoms. The first kappa shape index (κ1) is 15.7. The van der Waals surface area contributed by atoms with Crippen LogP contribution < -0.4 is 0 Å². The molecule has 0 atom stereocenters. The van der Waals surface area contributed by atoms with E-state index in [1.807, 2.05) is 11.8 Å². The van der Waals surface area contributed by atoms with Crippen LogP contribution in [0, 0.1) is 18.7 Å². The summed E-state index contributed by atoms with van der Waals surface area (Å²) in [7, 11) is 0. The zero-order chi connectivity index (χ0) is 14.4. The number of amides is 1. The number of benzene rings is 1. The molecule has 0 spiro atoms. The van der Waals surface area contributed by atoms with Crippen molar-refractivity contribution >= 4 is 5.91 Å². The van der Waals surface area contributed by atoms with Crippen LogP contribution in [0.1, 0.15) is 49.5 Å². The average molecular weight is 265 g/mol. The van der Waals surface area contributed by atoms with Gasteiger partial charge < -0.3 is 4.90 Å². The molecular weight excluding hydrogens is 241 g/mol. The first-order chi connectivity index (χ1) is 9.03. The Bertz CT molecular complexity index is 427. The third-order valence-corrected chi connectivity index (χ3v) is 3.71. The quantitative estimate of drug-likeness (QED) is 0.760. The van der Waals surface area contributed by atoms with Gasteiger partial charge in [0.05, 0.1) is 0 Å². The highest BCUT2D eigenvalue weighted by Crippen LogP contribution is 2.15. The lowest BCUT2D eigenvalue weighted by atomic mass is 10.0. The first-order valence-electron chi connectivity index (χ1n) is 7.08. The normalized spacial score (nSPS) is 10.8. The van der Waals surface area contributed by atoms with E-state index in [2.05, 4.69) is 13.8 Å². The molecule has 0 aliphatic rings. The van der Waals surface area contributed by atoms with E-state index in [-0.39, 0.29) is 11.7 Å². The maximum absolute atomic E-state index is 13.2. The fourth-order valence-corrected chi connectivity index (χ4v) is 2.17. The molecular formula is C16H24FNO. The van der Waals surface area contributed by atoms with Crippen molar-refractivity contribution in [2.75, 3.05) is 13.1 Å². The molecule has 0 unspecified atom stereocenters. The van der Waals surface area contributed by atoms with Crippen molar-refractivity contribution in [3.8, 4) is 0 Å². The second-order valence-corrected chi connectivity index (χ2v) is 4.99. The number of hydrogen-bond acceptors (Lipinski definition) is 1. The summed E-state index contributed by atoms with van der Waals surface area (Å²) in [5.41, 5.74) is 1.09. The van der Waals surface area contributed by atoms with Gasteiger partial charge in [0.15, 0.2) is 0 Å². The minimum Gasteiger partial charge on any atom is -0.339 e. The molecule has 0 bridgehead atoms. The molecule has 0 radical (unpaired) electrons. The van der Waals surface area contributed by atoms with Crippen molar-refractivity contribution in [3.05, 3.63) is 35.1 Å². The highest BCUT2D eigenvalue weighted by atomic mass is 19.1. The molecule has 0 N–H and O–H groups in total. The molecule has 1 amide bonds. The monoisotopic (exact) mass is 265 g/mol. The Morgan fingerprint density at radius 1 is 1.26 bits per heavy atom. The van der Waals surface area contributed by atoms with Crippen LogP contribution in [-0.2, 0) is 0 Å². The molecule has 0 fully saturated rings. The van der Waals surface area contributed by atoms with Gasteiger partial charge in [0, 0.05) is 18.7 Å². The van der Waals surface area contributed by atoms with Crippen LogP contribution in [0.4, 0.5) is 4.39 Å². The van der Waals surface area contributed by atoms with Crippen LogP contribution in [0.2, 0.25) is 0 Å². The second-order valence-electron chi connectivity index (χ2n) is 4.99. The van der Waals surface area contributed by atoms with Crippen molar-refractivity contribution in [1.82, 2.24) is 4.90 Å². The van der Waals surface area contributed by atoms with Gasteiger partial charge in [0.25, 0.3) is 5.91 Å². The van der Waals surface area contributed by atoms with Crippen molar-refractivity contribution in [2.24, 2.45) is 5.92 Å². The van der Waals surface area contributed by atoms with Gasteiger partial charge in [-0.25, -0.2) is 4.39 Å². The van der Waals surface area contributed by atoms with Gasteiger partial charge in [-0.2, -0.15) is 0 Å². The van der Waals surface area contributed by atoms with Crippen molar-refractivity contribution in [1.29, 1.82) is 0 Å². The molecule has 0 saturated carbocycles. The van der Waals surface area contributed by atoms with E-state index in [1.165, 1.54) is 6.07 Å². The Morgan fingerprint density at radius 2 is 1.89 bits per heavy atom. The molecule has 0 heterocycles. The molecule has 2 nitrogen and oxygen atoms in total. The average Bonchev–Trinajstić information content (AvgIpc) is 2.42. The first-order valence-corrected chi connectivity index (χ1v) is 7.08. The SMILES string of the molecule is CCC(CC)CN(CC)C(=O)c1ccc(F)c(C)c1. The third-order valence-electron chi connectivity index (χ3n) is 3.71. The van der Waals surface area contributed by atoms with Crippen LogP contribution in [0.25, 0.3) is 0 Å². The molecule has 1 aromatic rings. The third kappa shape index (κ3) is 4.05. The summed E-state index contributed by atoms with van der Waals surface area (Å²) >= 11 is 0. The van der Waals surface area contributed by atoms with E-state index in [9.17, 15) is 9.18 Å². The predicted molar refractivity (Wildman–Crippen MR) is 76.8 cm³/mol. The molecule has 106 valence electrons. The summed E-state index contributed by atoms with van der Waals surface area (Å²) < 4.78 is 13.2. The minimum atomic E-state index is -0.264. The van der Waals surface area contributed by atoms with Crippen LogP contribution in [0.5, 0.6) is 0 Å². The van der Waals surface area contributed by atoms with E-state index >= 15 is 0 Å². The fourth-order valence-electron chi connectivity index (χ4n) is 2.17. The standard InChI is InChI=1S/C16H24FNO/c1-5-13(6-2)11-18(7-3)16(19)14-8-9-15(17)12(4)10-14/h8-10,13H,5-7,11H2,1-4H3. The molecule has 1 rings (SSSR count). The van der Waals surface area contributed by atoms with Crippen LogP contribution in [-0.4, -0.2) is 23.9 Å². The Hall–Kier alpha value is -1.38. The number of carbonyl (C=O) groups excluding carboxylic acids is 1. The lowest BCUT2D eigenvalue weighted by molar-refractivity contribution is 0.0735. The molecule has 3 heteroatoms. The van der Waals surface area contributed by atoms with Gasteiger partial charge in [-0.05, 0) is 43.5 Å². The van der Waals surface area contributed by atoms with Gasteiger partial charge in [0.1, 0.15) is 5.82 Å². The topological polar surface area (TPSA) is 20.3 Å². The predicted octanol–water partition coefficient (Wildman–Crippen LogP) is 4.03. The Labute approximate surface area is 115 Å². The van der Waals surface area contributed by atoms with Gasteiger partial charge in [-0.15, -0.1) is 0 Å². The Kier molecular flexibility index (Phi) is 6.00.